The van der Waals surface area contributed by atoms with Crippen LogP contribution in [0.5, 0.6) is 0 Å². The summed E-state index contributed by atoms with van der Waals surface area (Å²) in [4.78, 5) is 14.4. The van der Waals surface area contributed by atoms with Gasteiger partial charge >= 0.3 is 0 Å². The minimum Gasteiger partial charge on any atom is -0.376 e. The van der Waals surface area contributed by atoms with Crippen LogP contribution in [0.1, 0.15) is 30.9 Å². The highest BCUT2D eigenvalue weighted by molar-refractivity contribution is 6.06. The Kier molecular flexibility index (Phi) is 5.21. The van der Waals surface area contributed by atoms with Crippen LogP contribution in [0, 0.1) is 31.1 Å². The molecule has 1 atom stereocenters. The van der Waals surface area contributed by atoms with Gasteiger partial charge in [0.25, 0.3) is 5.91 Å². The topological polar surface area (TPSA) is 56.1 Å². The molecule has 0 saturated carbocycles. The van der Waals surface area contributed by atoms with Crippen molar-refractivity contribution < 1.29 is 4.79 Å². The number of nitrogens with one attached hydrogen (secondary N) is 1. The Labute approximate surface area is 132 Å². The van der Waals surface area contributed by atoms with Gasteiger partial charge in [-0.2, -0.15) is 5.26 Å². The van der Waals surface area contributed by atoms with Gasteiger partial charge < -0.3 is 10.2 Å². The van der Waals surface area contributed by atoms with Crippen LogP contribution in [0.4, 0.5) is 5.69 Å². The number of carbonyl (C=O) groups excluding carboxylic acids is 1. The third kappa shape index (κ3) is 4.11. The highest BCUT2D eigenvalue weighted by Gasteiger charge is 2.17. The molecule has 1 aromatic rings. The summed E-state index contributed by atoms with van der Waals surface area (Å²) in [5.74, 6) is 0.264. The Morgan fingerprint density at radius 3 is 2.86 bits per heavy atom. The number of piperidine rings is 1. The number of aryl methyl sites for hydroxylation is 2. The van der Waals surface area contributed by atoms with Gasteiger partial charge in [-0.25, -0.2) is 0 Å². The van der Waals surface area contributed by atoms with Crippen LogP contribution >= 0.6 is 0 Å². The van der Waals surface area contributed by atoms with E-state index in [9.17, 15) is 10.1 Å². The Balaban J connectivity index is 2.10. The molecular weight excluding hydrogens is 274 g/mol. The Hall–Kier alpha value is -2.28. The maximum atomic E-state index is 12.3. The van der Waals surface area contributed by atoms with Crippen LogP contribution < -0.4 is 5.32 Å². The molecule has 22 heavy (non-hydrogen) atoms. The monoisotopic (exact) mass is 297 g/mol. The molecule has 1 aromatic carbocycles. The zero-order valence-electron chi connectivity index (χ0n) is 13.5. The Morgan fingerprint density at radius 1 is 1.45 bits per heavy atom. The van der Waals surface area contributed by atoms with E-state index < -0.39 is 0 Å². The zero-order chi connectivity index (χ0) is 16.1. The van der Waals surface area contributed by atoms with Gasteiger partial charge in [0.1, 0.15) is 11.6 Å². The standard InChI is InChI=1S/C18H23N3O/c1-13-6-7-17(15(3)9-13)20-18(22)16(10-19)12-21-8-4-5-14(2)11-21/h6-7,9,12,14H,4-5,8,11H2,1-3H3,(H,20,22)/b16-12-. The molecule has 0 spiro atoms. The molecule has 4 heteroatoms. The third-order valence-corrected chi connectivity index (χ3v) is 4.00. The van der Waals surface area contributed by atoms with Gasteiger partial charge in [0.05, 0.1) is 0 Å². The summed E-state index contributed by atoms with van der Waals surface area (Å²) in [6, 6.07) is 7.86. The fourth-order valence-electron chi connectivity index (χ4n) is 2.81. The quantitative estimate of drug-likeness (QED) is 0.687. The lowest BCUT2D eigenvalue weighted by molar-refractivity contribution is -0.112. The van der Waals surface area contributed by atoms with E-state index in [1.54, 1.807) is 6.20 Å². The van der Waals surface area contributed by atoms with Crippen molar-refractivity contribution in [2.24, 2.45) is 5.92 Å². The molecule has 0 aromatic heterocycles. The molecule has 0 aliphatic carbocycles. The summed E-state index contributed by atoms with van der Waals surface area (Å²) in [6.45, 7) is 7.97. The number of benzene rings is 1. The van der Waals surface area contributed by atoms with Crippen molar-refractivity contribution in [3.8, 4) is 6.07 Å². The largest absolute Gasteiger partial charge is 0.376 e. The lowest BCUT2D eigenvalue weighted by atomic mass is 10.0. The first-order valence-corrected chi connectivity index (χ1v) is 7.74. The second-order valence-electron chi connectivity index (χ2n) is 6.17. The molecule has 1 fully saturated rings. The van der Waals surface area contributed by atoms with Crippen molar-refractivity contribution in [3.05, 3.63) is 41.1 Å². The van der Waals surface area contributed by atoms with E-state index >= 15 is 0 Å². The molecule has 0 radical (unpaired) electrons. The van der Waals surface area contributed by atoms with Crippen LogP contribution in [0.3, 0.4) is 0 Å². The summed E-state index contributed by atoms with van der Waals surface area (Å²) >= 11 is 0. The zero-order valence-corrected chi connectivity index (χ0v) is 13.5. The first-order valence-electron chi connectivity index (χ1n) is 7.74. The van der Waals surface area contributed by atoms with Gasteiger partial charge in [0.2, 0.25) is 0 Å². The van der Waals surface area contributed by atoms with Crippen molar-refractivity contribution in [1.82, 2.24) is 4.90 Å². The number of rotatable bonds is 3. The van der Waals surface area contributed by atoms with Crippen LogP contribution in [0.15, 0.2) is 30.0 Å². The van der Waals surface area contributed by atoms with E-state index in [2.05, 4.69) is 17.1 Å². The van der Waals surface area contributed by atoms with Crippen LogP contribution in [0.2, 0.25) is 0 Å². The van der Waals surface area contributed by atoms with E-state index in [0.717, 1.165) is 36.3 Å². The second kappa shape index (κ2) is 7.13. The molecule has 0 bridgehead atoms. The number of carbonyl (C=O) groups is 1. The number of anilines is 1. The van der Waals surface area contributed by atoms with Gasteiger partial charge in [0, 0.05) is 25.0 Å². The summed E-state index contributed by atoms with van der Waals surface area (Å²) < 4.78 is 0. The average Bonchev–Trinajstić information content (AvgIpc) is 2.47. The maximum absolute atomic E-state index is 12.3. The minimum atomic E-state index is -0.340. The number of hydrogen-bond acceptors (Lipinski definition) is 3. The number of nitriles is 1. The van der Waals surface area contributed by atoms with E-state index in [1.807, 2.05) is 38.1 Å². The van der Waals surface area contributed by atoms with Gasteiger partial charge in [-0.1, -0.05) is 24.6 Å². The first kappa shape index (κ1) is 16.1. The molecule has 116 valence electrons. The smallest absolute Gasteiger partial charge is 0.267 e. The van der Waals surface area contributed by atoms with Crippen molar-refractivity contribution >= 4 is 11.6 Å². The van der Waals surface area contributed by atoms with E-state index in [-0.39, 0.29) is 11.5 Å². The molecule has 1 aliphatic heterocycles. The van der Waals surface area contributed by atoms with E-state index in [0.29, 0.717) is 5.92 Å². The average molecular weight is 297 g/mol. The predicted octanol–water partition coefficient (Wildman–Crippen LogP) is 3.38. The van der Waals surface area contributed by atoms with Gasteiger partial charge in [-0.05, 0) is 44.2 Å². The molecule has 2 rings (SSSR count). The molecule has 1 heterocycles. The highest BCUT2D eigenvalue weighted by Crippen LogP contribution is 2.19. The van der Waals surface area contributed by atoms with Gasteiger partial charge in [0.15, 0.2) is 0 Å². The maximum Gasteiger partial charge on any atom is 0.267 e. The third-order valence-electron chi connectivity index (χ3n) is 4.00. The summed E-state index contributed by atoms with van der Waals surface area (Å²) in [6.07, 6.45) is 4.02. The second-order valence-corrected chi connectivity index (χ2v) is 6.17. The first-order chi connectivity index (χ1) is 10.5. The molecule has 4 nitrogen and oxygen atoms in total. The van der Waals surface area contributed by atoms with E-state index in [4.69, 9.17) is 0 Å². The van der Waals surface area contributed by atoms with Crippen LogP contribution in [0.25, 0.3) is 0 Å². The van der Waals surface area contributed by atoms with Crippen LogP contribution in [-0.4, -0.2) is 23.9 Å². The molecule has 1 unspecified atom stereocenters. The summed E-state index contributed by atoms with van der Waals surface area (Å²) in [5.41, 5.74) is 3.06. The molecule has 1 saturated heterocycles. The van der Waals surface area contributed by atoms with Gasteiger partial charge in [-0.3, -0.25) is 4.79 Å². The molecule has 1 N–H and O–H groups in total. The SMILES string of the molecule is Cc1ccc(NC(=O)/C(C#N)=C\N2CCCC(C)C2)c(C)c1. The highest BCUT2D eigenvalue weighted by atomic mass is 16.1. The summed E-state index contributed by atoms with van der Waals surface area (Å²) in [7, 11) is 0. The number of nitrogens with zero attached hydrogens (tertiary/aromatic N) is 2. The van der Waals surface area contributed by atoms with Crippen molar-refractivity contribution in [3.63, 3.8) is 0 Å². The minimum absolute atomic E-state index is 0.161. The number of likely N-dealkylation sites (tertiary alicyclic amines) is 1. The Morgan fingerprint density at radius 2 is 2.23 bits per heavy atom. The molecule has 1 amide bonds. The fraction of sp³-hybridized carbons (Fsp3) is 0.444. The van der Waals surface area contributed by atoms with Gasteiger partial charge in [-0.15, -0.1) is 0 Å². The van der Waals surface area contributed by atoms with E-state index in [1.165, 1.54) is 6.42 Å². The normalized spacial score (nSPS) is 18.7. The summed E-state index contributed by atoms with van der Waals surface area (Å²) in [5, 5.41) is 12.1. The molecular formula is C18H23N3O. The Bertz CT molecular complexity index is 628. The van der Waals surface area contributed by atoms with Crippen LogP contribution in [-0.2, 0) is 4.79 Å². The number of hydrogen-bond donors (Lipinski definition) is 1. The predicted molar refractivity (Wildman–Crippen MR) is 88.2 cm³/mol. The lowest BCUT2D eigenvalue weighted by Crippen LogP contribution is -2.31. The van der Waals surface area contributed by atoms with Crippen molar-refractivity contribution in [2.75, 3.05) is 18.4 Å². The molecule has 1 aliphatic rings. The lowest BCUT2D eigenvalue weighted by Gasteiger charge is -2.29. The van der Waals surface area contributed by atoms with Crippen molar-refractivity contribution in [1.29, 1.82) is 5.26 Å². The number of amides is 1. The fourth-order valence-corrected chi connectivity index (χ4v) is 2.81. The van der Waals surface area contributed by atoms with Crippen molar-refractivity contribution in [2.45, 2.75) is 33.6 Å².